The van der Waals surface area contributed by atoms with Gasteiger partial charge < -0.3 is 19.9 Å². The number of aryl methyl sites for hydroxylation is 2. The van der Waals surface area contributed by atoms with Gasteiger partial charge in [0.15, 0.2) is 5.82 Å². The maximum Gasteiger partial charge on any atom is 0.274 e. The fourth-order valence-corrected chi connectivity index (χ4v) is 3.81. The van der Waals surface area contributed by atoms with Gasteiger partial charge in [-0.1, -0.05) is 0 Å². The molecule has 4 aromatic rings. The van der Waals surface area contributed by atoms with Crippen LogP contribution in [0.3, 0.4) is 0 Å². The minimum Gasteiger partial charge on any atom is -0.457 e. The number of amides is 1. The molecular weight excluding hydrogens is 420 g/mol. The molecule has 4 aromatic heterocycles. The van der Waals surface area contributed by atoms with Crippen molar-refractivity contribution in [2.75, 3.05) is 10.6 Å². The summed E-state index contributed by atoms with van der Waals surface area (Å²) >= 11 is 0. The molecule has 9 nitrogen and oxygen atoms in total. The lowest BCUT2D eigenvalue weighted by atomic mass is 10.2. The highest BCUT2D eigenvalue weighted by Gasteiger charge is 2.25. The number of hydrogen-bond acceptors (Lipinski definition) is 6. The Kier molecular flexibility index (Phi) is 5.08. The number of rotatable bonds is 6. The van der Waals surface area contributed by atoms with E-state index in [4.69, 9.17) is 4.74 Å². The molecule has 0 radical (unpaired) electrons. The van der Waals surface area contributed by atoms with Crippen LogP contribution < -0.4 is 20.9 Å². The molecule has 1 aliphatic rings. The molecule has 0 aliphatic heterocycles. The highest BCUT2D eigenvalue weighted by molar-refractivity contribution is 5.87. The minimum absolute atomic E-state index is 0.0927. The second kappa shape index (κ2) is 8.09. The van der Waals surface area contributed by atoms with Crippen LogP contribution in [-0.4, -0.2) is 25.1 Å². The summed E-state index contributed by atoms with van der Waals surface area (Å²) in [4.78, 5) is 28.0. The molecule has 2 N–H and O–H groups in total. The fourth-order valence-electron chi connectivity index (χ4n) is 3.81. The maximum atomic E-state index is 12.6. The summed E-state index contributed by atoms with van der Waals surface area (Å²) in [7, 11) is 1.77. The zero-order valence-electron chi connectivity index (χ0n) is 18.6. The average Bonchev–Trinajstić information content (AvgIpc) is 3.53. The summed E-state index contributed by atoms with van der Waals surface area (Å²) < 4.78 is 9.41. The molecule has 168 valence electrons. The van der Waals surface area contributed by atoms with Gasteiger partial charge in [0.25, 0.3) is 5.56 Å². The topological polar surface area (TPSA) is 103 Å². The van der Waals surface area contributed by atoms with Gasteiger partial charge in [0.1, 0.15) is 23.0 Å². The third-order valence-corrected chi connectivity index (χ3v) is 5.64. The predicted molar refractivity (Wildman–Crippen MR) is 125 cm³/mol. The highest BCUT2D eigenvalue weighted by atomic mass is 16.5. The summed E-state index contributed by atoms with van der Waals surface area (Å²) in [6.45, 7) is 3.37. The molecule has 0 saturated heterocycles. The molecule has 1 aliphatic carbocycles. The van der Waals surface area contributed by atoms with Gasteiger partial charge in [-0.05, 0) is 49.4 Å². The molecule has 5 rings (SSSR count). The van der Waals surface area contributed by atoms with Crippen LogP contribution in [0.5, 0.6) is 11.5 Å². The maximum absolute atomic E-state index is 12.6. The van der Waals surface area contributed by atoms with Crippen molar-refractivity contribution in [2.24, 2.45) is 7.05 Å². The second-order valence-electron chi connectivity index (χ2n) is 8.33. The van der Waals surface area contributed by atoms with Crippen molar-refractivity contribution >= 4 is 28.7 Å². The first kappa shape index (κ1) is 20.7. The molecule has 33 heavy (non-hydrogen) atoms. The fraction of sp³-hybridized carbons (Fsp3) is 0.250. The monoisotopic (exact) mass is 444 g/mol. The number of fused-ring (bicyclic) bond motifs is 1. The smallest absolute Gasteiger partial charge is 0.274 e. The number of anilines is 3. The summed E-state index contributed by atoms with van der Waals surface area (Å²) in [6.07, 6.45) is 7.62. The number of nitrogens with zero attached hydrogens (tertiary/aromatic N) is 4. The largest absolute Gasteiger partial charge is 0.457 e. The summed E-state index contributed by atoms with van der Waals surface area (Å²) in [6, 6.07) is 9.03. The quantitative estimate of drug-likeness (QED) is 0.464. The Morgan fingerprint density at radius 1 is 1.18 bits per heavy atom. The van der Waals surface area contributed by atoms with Gasteiger partial charge >= 0.3 is 0 Å². The minimum atomic E-state index is -0.200. The van der Waals surface area contributed by atoms with Crippen LogP contribution in [0.2, 0.25) is 0 Å². The van der Waals surface area contributed by atoms with E-state index < -0.39 is 0 Å². The molecular formula is C24H24N6O3. The van der Waals surface area contributed by atoms with E-state index in [0.717, 1.165) is 23.9 Å². The van der Waals surface area contributed by atoms with Gasteiger partial charge in [-0.2, -0.15) is 5.10 Å². The van der Waals surface area contributed by atoms with Gasteiger partial charge in [-0.25, -0.2) is 9.50 Å². The van der Waals surface area contributed by atoms with Gasteiger partial charge in [0.05, 0.1) is 5.52 Å². The first-order chi connectivity index (χ1) is 15.9. The Morgan fingerprint density at radius 3 is 2.76 bits per heavy atom. The van der Waals surface area contributed by atoms with Crippen LogP contribution in [0, 0.1) is 6.92 Å². The zero-order chi connectivity index (χ0) is 23.1. The highest BCUT2D eigenvalue weighted by Crippen LogP contribution is 2.40. The third-order valence-electron chi connectivity index (χ3n) is 5.64. The van der Waals surface area contributed by atoms with E-state index in [9.17, 15) is 9.59 Å². The number of hydrogen-bond donors (Lipinski definition) is 2. The average molecular weight is 444 g/mol. The lowest BCUT2D eigenvalue weighted by Crippen LogP contribution is -2.20. The first-order valence-electron chi connectivity index (χ1n) is 10.8. The van der Waals surface area contributed by atoms with E-state index in [1.807, 2.05) is 31.3 Å². The Bertz CT molecular complexity index is 1430. The van der Waals surface area contributed by atoms with Crippen molar-refractivity contribution in [3.63, 3.8) is 0 Å². The molecule has 1 fully saturated rings. The Morgan fingerprint density at radius 2 is 2.00 bits per heavy atom. The molecule has 4 heterocycles. The number of pyridine rings is 3. The van der Waals surface area contributed by atoms with E-state index in [1.54, 1.807) is 40.7 Å². The Labute approximate surface area is 190 Å². The van der Waals surface area contributed by atoms with E-state index in [0.29, 0.717) is 34.7 Å². The van der Waals surface area contributed by atoms with Crippen molar-refractivity contribution in [2.45, 2.75) is 32.6 Å². The molecule has 0 spiro atoms. The SMILES string of the molecule is CC(=O)Nc1cc(Oc2ccn3nc(Nc4cc(C5CC5)cn(C)c4=O)cc3c2C)ccn1. The number of ether oxygens (including phenoxy) is 1. The predicted octanol–water partition coefficient (Wildman–Crippen LogP) is 4.11. The van der Waals surface area contributed by atoms with E-state index >= 15 is 0 Å². The van der Waals surface area contributed by atoms with Crippen molar-refractivity contribution in [1.82, 2.24) is 19.2 Å². The summed E-state index contributed by atoms with van der Waals surface area (Å²) in [5.41, 5.74) is 3.33. The lowest BCUT2D eigenvalue weighted by Gasteiger charge is -2.10. The van der Waals surface area contributed by atoms with Gasteiger partial charge in [-0.15, -0.1) is 0 Å². The standard InChI is InChI=1S/C24H24N6O3/c1-14-20-12-23(27-19-10-17(16-4-5-16)13-29(3)24(19)32)28-30(20)9-7-21(14)33-18-6-8-25-22(11-18)26-15(2)31/h6-13,16H,4-5H2,1-3H3,(H,27,28)(H,25,26,31). The van der Waals surface area contributed by atoms with Gasteiger partial charge in [0.2, 0.25) is 5.91 Å². The van der Waals surface area contributed by atoms with Crippen LogP contribution >= 0.6 is 0 Å². The van der Waals surface area contributed by atoms with Crippen molar-refractivity contribution in [3.8, 4) is 11.5 Å². The molecule has 0 atom stereocenters. The van der Waals surface area contributed by atoms with E-state index in [1.165, 1.54) is 12.5 Å². The normalized spacial score (nSPS) is 13.2. The number of nitrogens with one attached hydrogen (secondary N) is 2. The van der Waals surface area contributed by atoms with Crippen LogP contribution in [0.4, 0.5) is 17.3 Å². The molecule has 0 bridgehead atoms. The van der Waals surface area contributed by atoms with Gasteiger partial charge in [0, 0.05) is 50.3 Å². The van der Waals surface area contributed by atoms with E-state index in [-0.39, 0.29) is 11.5 Å². The molecule has 0 unspecified atom stereocenters. The molecule has 1 amide bonds. The van der Waals surface area contributed by atoms with Crippen LogP contribution in [-0.2, 0) is 11.8 Å². The second-order valence-corrected chi connectivity index (χ2v) is 8.33. The molecule has 1 saturated carbocycles. The molecule has 9 heteroatoms. The van der Waals surface area contributed by atoms with Crippen molar-refractivity contribution in [3.05, 3.63) is 70.4 Å². The van der Waals surface area contributed by atoms with Crippen LogP contribution in [0.15, 0.2) is 53.7 Å². The summed E-state index contributed by atoms with van der Waals surface area (Å²) in [5, 5.41) is 10.4. The Balaban J connectivity index is 1.43. The van der Waals surface area contributed by atoms with Crippen molar-refractivity contribution < 1.29 is 9.53 Å². The third kappa shape index (κ3) is 4.30. The number of aromatic nitrogens is 4. The Hall–Kier alpha value is -4.14. The lowest BCUT2D eigenvalue weighted by molar-refractivity contribution is -0.114. The number of carbonyl (C=O) groups excluding carboxylic acids is 1. The number of carbonyl (C=O) groups is 1. The van der Waals surface area contributed by atoms with Crippen molar-refractivity contribution in [1.29, 1.82) is 0 Å². The zero-order valence-corrected chi connectivity index (χ0v) is 18.6. The summed E-state index contributed by atoms with van der Waals surface area (Å²) in [5.74, 6) is 2.55. The first-order valence-corrected chi connectivity index (χ1v) is 10.8. The van der Waals surface area contributed by atoms with E-state index in [2.05, 4.69) is 20.7 Å². The van der Waals surface area contributed by atoms with Crippen LogP contribution in [0.1, 0.15) is 36.8 Å². The molecule has 0 aromatic carbocycles. The van der Waals surface area contributed by atoms with Crippen LogP contribution in [0.25, 0.3) is 5.52 Å². The van der Waals surface area contributed by atoms with Gasteiger partial charge in [-0.3, -0.25) is 9.59 Å².